The van der Waals surface area contributed by atoms with Crippen LogP contribution in [-0.4, -0.2) is 18.6 Å². The molecule has 3 rings (SSSR count). The number of para-hydroxylation sites is 1. The molecule has 0 aromatic heterocycles. The van der Waals surface area contributed by atoms with Gasteiger partial charge >= 0.3 is 0 Å². The largest absolute Gasteiger partial charge is 0.364 e. The van der Waals surface area contributed by atoms with Crippen LogP contribution in [0.2, 0.25) is 0 Å². The van der Waals surface area contributed by atoms with Crippen molar-refractivity contribution in [1.82, 2.24) is 0 Å². The van der Waals surface area contributed by atoms with Crippen LogP contribution < -0.4 is 10.6 Å². The van der Waals surface area contributed by atoms with Crippen LogP contribution in [-0.2, 0) is 6.42 Å². The topological polar surface area (TPSA) is 29.3 Å². The highest BCUT2D eigenvalue weighted by Crippen LogP contribution is 2.45. The molecule has 1 aromatic rings. The quantitative estimate of drug-likeness (QED) is 0.888. The molecule has 1 fully saturated rings. The highest BCUT2D eigenvalue weighted by molar-refractivity contribution is 5.57. The summed E-state index contributed by atoms with van der Waals surface area (Å²) in [5.41, 5.74) is 9.93. The number of nitrogens with two attached hydrogens (primary N) is 1. The van der Waals surface area contributed by atoms with E-state index in [-0.39, 0.29) is 5.54 Å². The normalized spacial score (nSPS) is 24.2. The van der Waals surface area contributed by atoms with Gasteiger partial charge in [-0.3, -0.25) is 0 Å². The summed E-state index contributed by atoms with van der Waals surface area (Å²) < 4.78 is 0. The third kappa shape index (κ3) is 2.35. The third-order valence-corrected chi connectivity index (χ3v) is 5.60. The van der Waals surface area contributed by atoms with Crippen molar-refractivity contribution >= 4 is 5.69 Å². The van der Waals surface area contributed by atoms with Gasteiger partial charge in [-0.15, -0.1) is 0 Å². The Labute approximate surface area is 123 Å². The molecule has 0 spiro atoms. The van der Waals surface area contributed by atoms with Gasteiger partial charge in [-0.05, 0) is 55.6 Å². The second-order valence-electron chi connectivity index (χ2n) is 7.48. The predicted molar refractivity (Wildman–Crippen MR) is 86.1 cm³/mol. The van der Waals surface area contributed by atoms with E-state index in [4.69, 9.17) is 5.73 Å². The van der Waals surface area contributed by atoms with Gasteiger partial charge in [0.1, 0.15) is 0 Å². The number of benzene rings is 1. The fraction of sp³-hybridized carbons (Fsp3) is 0.667. The van der Waals surface area contributed by atoms with E-state index in [1.165, 1.54) is 56.3 Å². The Morgan fingerprint density at radius 2 is 1.80 bits per heavy atom. The van der Waals surface area contributed by atoms with E-state index in [0.717, 1.165) is 6.54 Å². The Morgan fingerprint density at radius 3 is 2.50 bits per heavy atom. The van der Waals surface area contributed by atoms with Crippen LogP contribution in [0, 0.1) is 5.41 Å². The van der Waals surface area contributed by atoms with E-state index in [9.17, 15) is 0 Å². The first kappa shape index (κ1) is 13.9. The minimum atomic E-state index is 0.200. The number of rotatable bonds is 2. The average Bonchev–Trinajstić information content (AvgIpc) is 2.48. The van der Waals surface area contributed by atoms with Crippen molar-refractivity contribution in [3.63, 3.8) is 0 Å². The maximum Gasteiger partial charge on any atom is 0.0524 e. The average molecular weight is 272 g/mol. The lowest BCUT2D eigenvalue weighted by Gasteiger charge is -2.52. The molecule has 0 bridgehead atoms. The van der Waals surface area contributed by atoms with Gasteiger partial charge < -0.3 is 10.6 Å². The first-order valence-electron chi connectivity index (χ1n) is 8.12. The van der Waals surface area contributed by atoms with Crippen LogP contribution in [0.5, 0.6) is 0 Å². The smallest absolute Gasteiger partial charge is 0.0524 e. The van der Waals surface area contributed by atoms with Crippen molar-refractivity contribution < 1.29 is 0 Å². The van der Waals surface area contributed by atoms with Crippen molar-refractivity contribution in [3.8, 4) is 0 Å². The number of anilines is 1. The van der Waals surface area contributed by atoms with Crippen molar-refractivity contribution in [2.24, 2.45) is 11.1 Å². The van der Waals surface area contributed by atoms with Crippen molar-refractivity contribution in [2.45, 2.75) is 57.9 Å². The number of hydrogen-bond donors (Lipinski definition) is 1. The SMILES string of the molecule is CC1(C)CCC(CN)(N2CCCc3ccccc32)CC1. The Hall–Kier alpha value is -1.02. The standard InChI is InChI=1S/C18H28N2/c1-17(2)9-11-18(14-19,12-10-17)20-13-5-7-15-6-3-4-8-16(15)20/h3-4,6,8H,5,7,9-14,19H2,1-2H3. The Kier molecular flexibility index (Phi) is 3.53. The summed E-state index contributed by atoms with van der Waals surface area (Å²) in [6.45, 7) is 6.77. The van der Waals surface area contributed by atoms with E-state index in [1.807, 2.05) is 0 Å². The lowest BCUT2D eigenvalue weighted by Crippen LogP contribution is -2.58. The van der Waals surface area contributed by atoms with Gasteiger partial charge in [-0.25, -0.2) is 0 Å². The molecule has 2 aliphatic rings. The van der Waals surface area contributed by atoms with Gasteiger partial charge in [0.2, 0.25) is 0 Å². The highest BCUT2D eigenvalue weighted by Gasteiger charge is 2.42. The third-order valence-electron chi connectivity index (χ3n) is 5.60. The first-order valence-corrected chi connectivity index (χ1v) is 8.12. The van der Waals surface area contributed by atoms with Gasteiger partial charge in [0.05, 0.1) is 5.54 Å². The number of hydrogen-bond acceptors (Lipinski definition) is 2. The highest BCUT2D eigenvalue weighted by atomic mass is 15.2. The minimum absolute atomic E-state index is 0.200. The zero-order valence-corrected chi connectivity index (χ0v) is 13.0. The monoisotopic (exact) mass is 272 g/mol. The molecular weight excluding hydrogens is 244 g/mol. The summed E-state index contributed by atoms with van der Waals surface area (Å²) >= 11 is 0. The molecule has 0 radical (unpaired) electrons. The molecule has 0 saturated heterocycles. The molecule has 0 unspecified atom stereocenters. The molecule has 0 atom stereocenters. The molecule has 1 heterocycles. The second-order valence-corrected chi connectivity index (χ2v) is 7.48. The maximum atomic E-state index is 6.27. The number of nitrogens with zero attached hydrogens (tertiary/aromatic N) is 1. The lowest BCUT2D eigenvalue weighted by atomic mass is 9.68. The summed E-state index contributed by atoms with van der Waals surface area (Å²) in [7, 11) is 0. The summed E-state index contributed by atoms with van der Waals surface area (Å²) in [6, 6.07) is 8.93. The number of fused-ring (bicyclic) bond motifs is 1. The van der Waals surface area contributed by atoms with Crippen LogP contribution in [0.25, 0.3) is 0 Å². The second kappa shape index (κ2) is 5.07. The first-order chi connectivity index (χ1) is 9.56. The molecule has 2 nitrogen and oxygen atoms in total. The molecule has 1 aliphatic carbocycles. The van der Waals surface area contributed by atoms with Crippen LogP contribution >= 0.6 is 0 Å². The zero-order valence-electron chi connectivity index (χ0n) is 13.0. The Bertz CT molecular complexity index is 468. The van der Waals surface area contributed by atoms with Gasteiger partial charge in [-0.2, -0.15) is 0 Å². The summed E-state index contributed by atoms with van der Waals surface area (Å²) in [6.07, 6.45) is 7.56. The van der Waals surface area contributed by atoms with E-state index in [2.05, 4.69) is 43.0 Å². The van der Waals surface area contributed by atoms with Crippen LogP contribution in [0.3, 0.4) is 0 Å². The van der Waals surface area contributed by atoms with Crippen LogP contribution in [0.4, 0.5) is 5.69 Å². The molecule has 2 N–H and O–H groups in total. The van der Waals surface area contributed by atoms with Crippen LogP contribution in [0.1, 0.15) is 51.5 Å². The summed E-state index contributed by atoms with van der Waals surface area (Å²) in [5.74, 6) is 0. The van der Waals surface area contributed by atoms with Gasteiger partial charge in [0, 0.05) is 18.8 Å². The van der Waals surface area contributed by atoms with Crippen LogP contribution in [0.15, 0.2) is 24.3 Å². The maximum absolute atomic E-state index is 6.27. The Balaban J connectivity index is 1.91. The molecule has 0 amide bonds. The van der Waals surface area contributed by atoms with E-state index >= 15 is 0 Å². The van der Waals surface area contributed by atoms with Crippen molar-refractivity contribution in [2.75, 3.05) is 18.0 Å². The zero-order chi connectivity index (χ0) is 14.2. The van der Waals surface area contributed by atoms with E-state index < -0.39 is 0 Å². The van der Waals surface area contributed by atoms with Crippen molar-refractivity contribution in [3.05, 3.63) is 29.8 Å². The fourth-order valence-electron chi connectivity index (χ4n) is 4.00. The summed E-state index contributed by atoms with van der Waals surface area (Å²) in [4.78, 5) is 2.65. The molecule has 1 aromatic carbocycles. The van der Waals surface area contributed by atoms with Gasteiger partial charge in [-0.1, -0.05) is 32.0 Å². The van der Waals surface area contributed by atoms with Gasteiger partial charge in [0.25, 0.3) is 0 Å². The molecular formula is C18H28N2. The molecule has 1 aliphatic heterocycles. The summed E-state index contributed by atoms with van der Waals surface area (Å²) in [5, 5.41) is 0. The molecule has 20 heavy (non-hydrogen) atoms. The predicted octanol–water partition coefficient (Wildman–Crippen LogP) is 3.74. The molecule has 2 heteroatoms. The van der Waals surface area contributed by atoms with E-state index in [1.54, 1.807) is 0 Å². The number of aryl methyl sites for hydroxylation is 1. The lowest BCUT2D eigenvalue weighted by molar-refractivity contribution is 0.160. The fourth-order valence-corrected chi connectivity index (χ4v) is 4.00. The minimum Gasteiger partial charge on any atom is -0.364 e. The van der Waals surface area contributed by atoms with Gasteiger partial charge in [0.15, 0.2) is 0 Å². The Morgan fingerprint density at radius 1 is 1.10 bits per heavy atom. The molecule has 110 valence electrons. The molecule has 1 saturated carbocycles. The van der Waals surface area contributed by atoms with E-state index in [0.29, 0.717) is 5.41 Å². The van der Waals surface area contributed by atoms with Crippen molar-refractivity contribution in [1.29, 1.82) is 0 Å².